The molecule has 0 aliphatic carbocycles. The summed E-state index contributed by atoms with van der Waals surface area (Å²) in [5.74, 6) is -0.333. The highest BCUT2D eigenvalue weighted by atomic mass is 16.5. The fraction of sp³-hybridized carbons (Fsp3) is 0.214. The lowest BCUT2D eigenvalue weighted by Crippen LogP contribution is -2.29. The van der Waals surface area contributed by atoms with Crippen LogP contribution in [0.5, 0.6) is 11.5 Å². The van der Waals surface area contributed by atoms with Crippen LogP contribution in [0, 0.1) is 6.92 Å². The Morgan fingerprint density at radius 2 is 1.47 bits per heavy atom. The van der Waals surface area contributed by atoms with Crippen LogP contribution in [0.2, 0.25) is 0 Å². The van der Waals surface area contributed by atoms with Gasteiger partial charge in [-0.2, -0.15) is 0 Å². The number of carbonyl (C=O) groups is 2. The van der Waals surface area contributed by atoms with E-state index in [2.05, 4.69) is 0 Å². The lowest BCUT2D eigenvalue weighted by molar-refractivity contribution is -0.132. The number of methoxy groups -OCH3 is 1. The Labute approximate surface area is 199 Å². The predicted molar refractivity (Wildman–Crippen MR) is 131 cm³/mol. The number of carbonyl (C=O) groups excluding carboxylic acids is 2. The summed E-state index contributed by atoms with van der Waals surface area (Å²) in [7, 11) is 1.56. The molecule has 0 saturated carbocycles. The highest BCUT2D eigenvalue weighted by Gasteiger charge is 2.47. The summed E-state index contributed by atoms with van der Waals surface area (Å²) in [5.41, 5.74) is 2.75. The number of ketones is 1. The van der Waals surface area contributed by atoms with Crippen molar-refractivity contribution in [2.75, 3.05) is 12.0 Å². The molecule has 1 unspecified atom stereocenters. The average molecular weight is 458 g/mol. The molecular weight excluding hydrogens is 430 g/mol. The van der Waals surface area contributed by atoms with Gasteiger partial charge < -0.3 is 14.6 Å². The molecule has 0 aromatic heterocycles. The molecule has 174 valence electrons. The van der Waals surface area contributed by atoms with Crippen LogP contribution in [0.1, 0.15) is 36.6 Å². The number of aliphatic hydroxyl groups excluding tert-OH is 1. The van der Waals surface area contributed by atoms with E-state index in [1.54, 1.807) is 55.6 Å². The Hall–Kier alpha value is -4.06. The van der Waals surface area contributed by atoms with E-state index in [1.165, 1.54) is 4.90 Å². The van der Waals surface area contributed by atoms with Crippen LogP contribution in [0.25, 0.3) is 5.76 Å². The molecule has 1 N–H and O–H groups in total. The molecule has 1 aliphatic rings. The number of benzene rings is 3. The number of hydrogen-bond acceptors (Lipinski definition) is 5. The molecule has 1 saturated heterocycles. The minimum atomic E-state index is -0.803. The van der Waals surface area contributed by atoms with Gasteiger partial charge in [0.25, 0.3) is 11.7 Å². The van der Waals surface area contributed by atoms with E-state index < -0.39 is 17.7 Å². The number of rotatable bonds is 6. The van der Waals surface area contributed by atoms with Crippen molar-refractivity contribution in [3.63, 3.8) is 0 Å². The van der Waals surface area contributed by atoms with Gasteiger partial charge in [0.2, 0.25) is 0 Å². The maximum absolute atomic E-state index is 13.2. The third kappa shape index (κ3) is 4.39. The number of hydrogen-bond donors (Lipinski definition) is 1. The molecule has 1 amide bonds. The van der Waals surface area contributed by atoms with Crippen molar-refractivity contribution < 1.29 is 24.2 Å². The quantitative estimate of drug-likeness (QED) is 0.304. The van der Waals surface area contributed by atoms with Crippen molar-refractivity contribution in [1.29, 1.82) is 0 Å². The number of nitrogens with zero attached hydrogens (tertiary/aromatic N) is 1. The van der Waals surface area contributed by atoms with Crippen molar-refractivity contribution in [2.24, 2.45) is 0 Å². The van der Waals surface area contributed by atoms with Crippen LogP contribution in [-0.2, 0) is 9.59 Å². The minimum absolute atomic E-state index is 0.0114. The van der Waals surface area contributed by atoms with Gasteiger partial charge >= 0.3 is 0 Å². The smallest absolute Gasteiger partial charge is 0.300 e. The van der Waals surface area contributed by atoms with Gasteiger partial charge in [-0.3, -0.25) is 14.5 Å². The van der Waals surface area contributed by atoms with Crippen molar-refractivity contribution in [3.8, 4) is 11.5 Å². The summed E-state index contributed by atoms with van der Waals surface area (Å²) in [6, 6.07) is 20.5. The Bertz CT molecular complexity index is 1230. The minimum Gasteiger partial charge on any atom is -0.507 e. The largest absolute Gasteiger partial charge is 0.507 e. The molecule has 1 atom stereocenters. The molecule has 0 bridgehead atoms. The third-order valence-electron chi connectivity index (χ3n) is 5.69. The van der Waals surface area contributed by atoms with E-state index in [-0.39, 0.29) is 17.4 Å². The second-order valence-corrected chi connectivity index (χ2v) is 8.47. The summed E-state index contributed by atoms with van der Waals surface area (Å²) in [4.78, 5) is 27.9. The van der Waals surface area contributed by atoms with Crippen molar-refractivity contribution in [3.05, 3.63) is 95.1 Å². The monoisotopic (exact) mass is 457 g/mol. The number of aryl methyl sites for hydroxylation is 1. The second kappa shape index (κ2) is 9.43. The summed E-state index contributed by atoms with van der Waals surface area (Å²) in [5, 5.41) is 11.2. The third-order valence-corrected chi connectivity index (χ3v) is 5.69. The summed E-state index contributed by atoms with van der Waals surface area (Å²) in [6.45, 7) is 5.81. The average Bonchev–Trinajstić information content (AvgIpc) is 3.09. The highest BCUT2D eigenvalue weighted by molar-refractivity contribution is 6.51. The summed E-state index contributed by atoms with van der Waals surface area (Å²) >= 11 is 0. The van der Waals surface area contributed by atoms with Crippen LogP contribution in [0.3, 0.4) is 0 Å². The molecule has 34 heavy (non-hydrogen) atoms. The zero-order chi connectivity index (χ0) is 24.4. The van der Waals surface area contributed by atoms with Crippen LogP contribution in [0.4, 0.5) is 5.69 Å². The zero-order valence-corrected chi connectivity index (χ0v) is 19.6. The molecule has 3 aromatic carbocycles. The first-order valence-electron chi connectivity index (χ1n) is 11.1. The molecule has 4 rings (SSSR count). The molecule has 1 aliphatic heterocycles. The van der Waals surface area contributed by atoms with Crippen LogP contribution in [-0.4, -0.2) is 30.0 Å². The molecule has 1 fully saturated rings. The van der Waals surface area contributed by atoms with Gasteiger partial charge in [0.1, 0.15) is 17.3 Å². The first kappa shape index (κ1) is 23.1. The Kier molecular flexibility index (Phi) is 6.41. The summed E-state index contributed by atoms with van der Waals surface area (Å²) < 4.78 is 11.0. The van der Waals surface area contributed by atoms with Crippen LogP contribution < -0.4 is 14.4 Å². The highest BCUT2D eigenvalue weighted by Crippen LogP contribution is 2.42. The topological polar surface area (TPSA) is 76.1 Å². The zero-order valence-electron chi connectivity index (χ0n) is 19.6. The fourth-order valence-corrected chi connectivity index (χ4v) is 4.02. The van der Waals surface area contributed by atoms with E-state index in [0.717, 1.165) is 5.56 Å². The van der Waals surface area contributed by atoms with Gasteiger partial charge in [-0.25, -0.2) is 0 Å². The van der Waals surface area contributed by atoms with E-state index in [1.807, 2.05) is 45.0 Å². The van der Waals surface area contributed by atoms with E-state index in [0.29, 0.717) is 28.3 Å². The molecule has 0 radical (unpaired) electrons. The number of ether oxygens (including phenoxy) is 2. The normalized spacial score (nSPS) is 17.3. The predicted octanol–water partition coefficient (Wildman–Crippen LogP) is 5.42. The fourth-order valence-electron chi connectivity index (χ4n) is 4.02. The van der Waals surface area contributed by atoms with Crippen molar-refractivity contribution >= 4 is 23.1 Å². The van der Waals surface area contributed by atoms with E-state index in [4.69, 9.17) is 9.47 Å². The molecule has 6 heteroatoms. The maximum atomic E-state index is 13.2. The lowest BCUT2D eigenvalue weighted by atomic mass is 9.95. The van der Waals surface area contributed by atoms with E-state index in [9.17, 15) is 14.7 Å². The maximum Gasteiger partial charge on any atom is 0.300 e. The van der Waals surface area contributed by atoms with E-state index >= 15 is 0 Å². The standard InChI is InChI=1S/C28H27NO5/c1-17(2)34-23-13-9-19(10-14-23)25-24(26(30)20-7-5-18(3)6-8-20)27(31)28(32)29(25)21-11-15-22(33-4)16-12-21/h5-17,25,30H,1-4H3/b26-24+. The molecule has 0 spiro atoms. The Morgan fingerprint density at radius 1 is 0.882 bits per heavy atom. The lowest BCUT2D eigenvalue weighted by Gasteiger charge is -2.26. The first-order valence-corrected chi connectivity index (χ1v) is 11.1. The molecule has 1 heterocycles. The number of anilines is 1. The van der Waals surface area contributed by atoms with Gasteiger partial charge in [0.05, 0.1) is 24.8 Å². The molecular formula is C28H27NO5. The van der Waals surface area contributed by atoms with Gasteiger partial charge in [-0.15, -0.1) is 0 Å². The van der Waals surface area contributed by atoms with Crippen LogP contribution in [0.15, 0.2) is 78.4 Å². The van der Waals surface area contributed by atoms with Gasteiger partial charge in [-0.1, -0.05) is 42.0 Å². The van der Waals surface area contributed by atoms with Crippen molar-refractivity contribution in [1.82, 2.24) is 0 Å². The van der Waals surface area contributed by atoms with Crippen molar-refractivity contribution in [2.45, 2.75) is 32.9 Å². The van der Waals surface area contributed by atoms with Gasteiger partial charge in [-0.05, 0) is 62.7 Å². The number of amides is 1. The SMILES string of the molecule is COc1ccc(N2C(=O)C(=O)/C(=C(/O)c3ccc(C)cc3)C2c2ccc(OC(C)C)cc2)cc1. The number of Topliss-reactive ketones (excluding diaryl/α,β-unsaturated/α-hetero) is 1. The van der Waals surface area contributed by atoms with Gasteiger partial charge in [0.15, 0.2) is 0 Å². The first-order chi connectivity index (χ1) is 16.3. The number of aliphatic hydroxyl groups is 1. The molecule has 3 aromatic rings. The Morgan fingerprint density at radius 3 is 2.03 bits per heavy atom. The van der Waals surface area contributed by atoms with Gasteiger partial charge in [0, 0.05) is 11.3 Å². The molecule has 6 nitrogen and oxygen atoms in total. The van der Waals surface area contributed by atoms with Crippen LogP contribution >= 0.6 is 0 Å². The Balaban J connectivity index is 1.87. The second-order valence-electron chi connectivity index (χ2n) is 8.47. The summed E-state index contributed by atoms with van der Waals surface area (Å²) in [6.07, 6.45) is 0.0114.